The lowest BCUT2D eigenvalue weighted by Crippen LogP contribution is -2.41. The second-order valence-electron chi connectivity index (χ2n) is 4.76. The van der Waals surface area contributed by atoms with E-state index >= 15 is 0 Å². The highest BCUT2D eigenvalue weighted by atomic mass is 16.7. The van der Waals surface area contributed by atoms with Crippen molar-refractivity contribution in [2.75, 3.05) is 6.79 Å². The Bertz CT molecular complexity index is 462. The first-order chi connectivity index (χ1) is 9.10. The zero-order valence-corrected chi connectivity index (χ0v) is 11.5. The predicted octanol–water partition coefficient (Wildman–Crippen LogP) is 2.57. The molecule has 104 valence electrons. The average Bonchev–Trinajstić information content (AvgIpc) is 2.85. The topological polar surface area (TPSA) is 59.6 Å². The number of hydrogen-bond acceptors (Lipinski definition) is 3. The molecule has 2 atom stereocenters. The number of rotatable bonds is 4. The summed E-state index contributed by atoms with van der Waals surface area (Å²) < 4.78 is 10.6. The van der Waals surface area contributed by atoms with Crippen LogP contribution in [-0.2, 0) is 0 Å². The molecule has 5 heteroatoms. The van der Waals surface area contributed by atoms with E-state index in [2.05, 4.69) is 10.6 Å². The van der Waals surface area contributed by atoms with Gasteiger partial charge >= 0.3 is 6.03 Å². The van der Waals surface area contributed by atoms with Crippen molar-refractivity contribution in [1.29, 1.82) is 0 Å². The van der Waals surface area contributed by atoms with Crippen molar-refractivity contribution in [3.8, 4) is 11.5 Å². The molecule has 1 aliphatic heterocycles. The van der Waals surface area contributed by atoms with Crippen LogP contribution in [0.15, 0.2) is 18.2 Å². The molecule has 0 fully saturated rings. The van der Waals surface area contributed by atoms with Crippen molar-refractivity contribution in [2.45, 2.75) is 39.3 Å². The van der Waals surface area contributed by atoms with E-state index in [-0.39, 0.29) is 24.9 Å². The molecule has 0 aromatic heterocycles. The van der Waals surface area contributed by atoms with E-state index in [9.17, 15) is 4.79 Å². The Morgan fingerprint density at radius 3 is 2.74 bits per heavy atom. The zero-order valence-electron chi connectivity index (χ0n) is 11.5. The van der Waals surface area contributed by atoms with Crippen LogP contribution in [-0.4, -0.2) is 18.9 Å². The minimum absolute atomic E-state index is 0.0847. The lowest BCUT2D eigenvalue weighted by molar-refractivity contribution is 0.174. The quantitative estimate of drug-likeness (QED) is 0.878. The maximum absolute atomic E-state index is 11.8. The highest BCUT2D eigenvalue weighted by Crippen LogP contribution is 2.34. The highest BCUT2D eigenvalue weighted by Gasteiger charge is 2.17. The van der Waals surface area contributed by atoms with Crippen LogP contribution in [0, 0.1) is 0 Å². The minimum Gasteiger partial charge on any atom is -0.454 e. The van der Waals surface area contributed by atoms with Crippen molar-refractivity contribution in [2.24, 2.45) is 0 Å². The summed E-state index contributed by atoms with van der Waals surface area (Å²) in [7, 11) is 0. The van der Waals surface area contributed by atoms with E-state index in [1.54, 1.807) is 0 Å². The number of carbonyl (C=O) groups excluding carboxylic acids is 1. The van der Waals surface area contributed by atoms with Crippen LogP contribution in [0.1, 0.15) is 38.8 Å². The molecular formula is C14H20N2O3. The number of amides is 2. The summed E-state index contributed by atoms with van der Waals surface area (Å²) in [4.78, 5) is 11.8. The lowest BCUT2D eigenvalue weighted by Gasteiger charge is -2.17. The van der Waals surface area contributed by atoms with Gasteiger partial charge in [0.05, 0.1) is 6.04 Å². The highest BCUT2D eigenvalue weighted by molar-refractivity contribution is 5.74. The summed E-state index contributed by atoms with van der Waals surface area (Å²) in [5, 5.41) is 5.78. The second-order valence-corrected chi connectivity index (χ2v) is 4.76. The SMILES string of the molecule is CC[C@@H](C)NC(=O)N[C@@H](C)c1ccc2c(c1)OCO2. The average molecular weight is 264 g/mol. The van der Waals surface area contributed by atoms with Gasteiger partial charge in [-0.25, -0.2) is 4.79 Å². The van der Waals surface area contributed by atoms with Gasteiger partial charge in [-0.2, -0.15) is 0 Å². The van der Waals surface area contributed by atoms with E-state index in [1.165, 1.54) is 0 Å². The van der Waals surface area contributed by atoms with Gasteiger partial charge in [0, 0.05) is 6.04 Å². The first-order valence-electron chi connectivity index (χ1n) is 6.56. The summed E-state index contributed by atoms with van der Waals surface area (Å²) in [6.45, 7) is 6.21. The first kappa shape index (κ1) is 13.5. The fraction of sp³-hybridized carbons (Fsp3) is 0.500. The molecule has 2 amide bonds. The summed E-state index contributed by atoms with van der Waals surface area (Å²) in [6.07, 6.45) is 0.909. The van der Waals surface area contributed by atoms with Crippen LogP contribution >= 0.6 is 0 Å². The molecule has 1 aliphatic rings. The Kier molecular flexibility index (Phi) is 4.14. The van der Waals surface area contributed by atoms with Crippen LogP contribution in [0.5, 0.6) is 11.5 Å². The molecule has 1 aromatic rings. The smallest absolute Gasteiger partial charge is 0.315 e. The van der Waals surface area contributed by atoms with Crippen LogP contribution < -0.4 is 20.1 Å². The molecule has 1 aromatic carbocycles. The molecule has 0 saturated carbocycles. The third-order valence-corrected chi connectivity index (χ3v) is 3.23. The van der Waals surface area contributed by atoms with Gasteiger partial charge in [0.1, 0.15) is 0 Å². The second kappa shape index (κ2) is 5.82. The van der Waals surface area contributed by atoms with E-state index in [0.29, 0.717) is 0 Å². The van der Waals surface area contributed by atoms with Gasteiger partial charge in [-0.15, -0.1) is 0 Å². The van der Waals surface area contributed by atoms with Gasteiger partial charge in [-0.05, 0) is 38.0 Å². The third kappa shape index (κ3) is 3.30. The molecule has 0 spiro atoms. The molecule has 0 aliphatic carbocycles. The maximum atomic E-state index is 11.8. The van der Waals surface area contributed by atoms with Gasteiger partial charge < -0.3 is 20.1 Å². The normalized spacial score (nSPS) is 15.7. The molecular weight excluding hydrogens is 244 g/mol. The molecule has 0 saturated heterocycles. The van der Waals surface area contributed by atoms with Gasteiger partial charge in [-0.1, -0.05) is 13.0 Å². The minimum atomic E-state index is -0.153. The number of benzene rings is 1. The standard InChI is InChI=1S/C14H20N2O3/c1-4-9(2)15-14(17)16-10(3)11-5-6-12-13(7-11)19-8-18-12/h5-7,9-10H,4,8H2,1-3H3,(H2,15,16,17)/t9-,10+/m1/s1. The third-order valence-electron chi connectivity index (χ3n) is 3.23. The van der Waals surface area contributed by atoms with Gasteiger partial charge in [0.25, 0.3) is 0 Å². The molecule has 5 nitrogen and oxygen atoms in total. The zero-order chi connectivity index (χ0) is 13.8. The summed E-state index contributed by atoms with van der Waals surface area (Å²) >= 11 is 0. The molecule has 19 heavy (non-hydrogen) atoms. The van der Waals surface area contributed by atoms with E-state index in [1.807, 2.05) is 39.0 Å². The number of carbonyl (C=O) groups is 1. The number of urea groups is 1. The van der Waals surface area contributed by atoms with Gasteiger partial charge in [0.2, 0.25) is 6.79 Å². The van der Waals surface area contributed by atoms with Crippen LogP contribution in [0.4, 0.5) is 4.79 Å². The molecule has 0 bridgehead atoms. The molecule has 0 unspecified atom stereocenters. The fourth-order valence-corrected chi connectivity index (χ4v) is 1.83. The van der Waals surface area contributed by atoms with Crippen LogP contribution in [0.25, 0.3) is 0 Å². The summed E-state index contributed by atoms with van der Waals surface area (Å²) in [6, 6.07) is 5.63. The summed E-state index contributed by atoms with van der Waals surface area (Å²) in [5.41, 5.74) is 0.989. The van der Waals surface area contributed by atoms with Crippen molar-refractivity contribution >= 4 is 6.03 Å². The van der Waals surface area contributed by atoms with Crippen molar-refractivity contribution in [1.82, 2.24) is 10.6 Å². The number of hydrogen-bond donors (Lipinski definition) is 2. The Morgan fingerprint density at radius 2 is 2.00 bits per heavy atom. The molecule has 2 N–H and O–H groups in total. The maximum Gasteiger partial charge on any atom is 0.315 e. The fourth-order valence-electron chi connectivity index (χ4n) is 1.83. The van der Waals surface area contributed by atoms with E-state index in [0.717, 1.165) is 23.5 Å². The number of ether oxygens (including phenoxy) is 2. The molecule has 0 radical (unpaired) electrons. The van der Waals surface area contributed by atoms with Crippen LogP contribution in [0.2, 0.25) is 0 Å². The summed E-state index contributed by atoms with van der Waals surface area (Å²) in [5.74, 6) is 1.48. The predicted molar refractivity (Wildman–Crippen MR) is 72.4 cm³/mol. The van der Waals surface area contributed by atoms with Gasteiger partial charge in [0.15, 0.2) is 11.5 Å². The van der Waals surface area contributed by atoms with Gasteiger partial charge in [-0.3, -0.25) is 0 Å². The number of nitrogens with one attached hydrogen (secondary N) is 2. The first-order valence-corrected chi connectivity index (χ1v) is 6.56. The van der Waals surface area contributed by atoms with E-state index in [4.69, 9.17) is 9.47 Å². The van der Waals surface area contributed by atoms with Crippen LogP contribution in [0.3, 0.4) is 0 Å². The van der Waals surface area contributed by atoms with Crippen molar-refractivity contribution in [3.63, 3.8) is 0 Å². The molecule has 2 rings (SSSR count). The monoisotopic (exact) mass is 264 g/mol. The van der Waals surface area contributed by atoms with E-state index < -0.39 is 0 Å². The Morgan fingerprint density at radius 1 is 1.26 bits per heavy atom. The Balaban J connectivity index is 1.96. The number of fused-ring (bicyclic) bond motifs is 1. The molecule has 1 heterocycles. The Labute approximate surface area is 113 Å². The van der Waals surface area contributed by atoms with Crippen molar-refractivity contribution in [3.05, 3.63) is 23.8 Å². The largest absolute Gasteiger partial charge is 0.454 e. The Hall–Kier alpha value is -1.91. The lowest BCUT2D eigenvalue weighted by atomic mass is 10.1. The van der Waals surface area contributed by atoms with Crippen molar-refractivity contribution < 1.29 is 14.3 Å².